The van der Waals surface area contributed by atoms with Gasteiger partial charge in [0.25, 0.3) is 0 Å². The van der Waals surface area contributed by atoms with Crippen LogP contribution in [-0.4, -0.2) is 29.7 Å². The van der Waals surface area contributed by atoms with Gasteiger partial charge in [-0.15, -0.1) is 11.3 Å². The molecule has 0 aliphatic heterocycles. The molecule has 4 rings (SSSR count). The van der Waals surface area contributed by atoms with Gasteiger partial charge in [0.1, 0.15) is 17.3 Å². The summed E-state index contributed by atoms with van der Waals surface area (Å²) in [4.78, 5) is 23.7. The number of methoxy groups -OCH3 is 1. The molecule has 1 aliphatic carbocycles. The Balaban J connectivity index is 1.50. The third-order valence-electron chi connectivity index (χ3n) is 4.98. The summed E-state index contributed by atoms with van der Waals surface area (Å²) in [5, 5.41) is 0.963. The van der Waals surface area contributed by atoms with Crippen LogP contribution >= 0.6 is 11.3 Å². The number of carbonyl (C=O) groups is 1. The first-order chi connectivity index (χ1) is 14.6. The van der Waals surface area contributed by atoms with Crippen molar-refractivity contribution < 1.29 is 19.0 Å². The van der Waals surface area contributed by atoms with E-state index in [9.17, 15) is 4.79 Å². The van der Waals surface area contributed by atoms with E-state index >= 15 is 0 Å². The lowest BCUT2D eigenvalue weighted by Gasteiger charge is -2.11. The van der Waals surface area contributed by atoms with E-state index in [1.54, 1.807) is 35.6 Å². The van der Waals surface area contributed by atoms with Crippen molar-refractivity contribution in [1.29, 1.82) is 0 Å². The van der Waals surface area contributed by atoms with Crippen molar-refractivity contribution in [3.05, 3.63) is 52.7 Å². The number of carbonyl (C=O) groups excluding carboxylic acids is 1. The molecule has 3 aromatic rings. The molecule has 1 aromatic carbocycles. The number of esters is 1. The van der Waals surface area contributed by atoms with E-state index in [1.165, 1.54) is 30.4 Å². The lowest BCUT2D eigenvalue weighted by atomic mass is 9.97. The third kappa shape index (κ3) is 3.95. The fourth-order valence-electron chi connectivity index (χ4n) is 3.57. The minimum absolute atomic E-state index is 0.0570. The predicted molar refractivity (Wildman–Crippen MR) is 116 cm³/mol. The number of aromatic nitrogens is 2. The van der Waals surface area contributed by atoms with Crippen LogP contribution in [-0.2, 0) is 24.2 Å². The first-order valence-electron chi connectivity index (χ1n) is 9.76. The lowest BCUT2D eigenvalue weighted by molar-refractivity contribution is 0.0462. The van der Waals surface area contributed by atoms with Gasteiger partial charge in [-0.2, -0.15) is 0 Å². The highest BCUT2D eigenvalue weighted by molar-refractivity contribution is 7.19. The SMILES string of the molecule is C=CCOc1ccc(C(=O)OCc2nc(N)c3c4c(sc3n2)CCCC4)cc1OC. The van der Waals surface area contributed by atoms with Gasteiger partial charge in [0.15, 0.2) is 23.9 Å². The monoisotopic (exact) mass is 425 g/mol. The van der Waals surface area contributed by atoms with Crippen LogP contribution < -0.4 is 15.2 Å². The Morgan fingerprint density at radius 3 is 2.90 bits per heavy atom. The summed E-state index contributed by atoms with van der Waals surface area (Å²) in [7, 11) is 1.51. The summed E-state index contributed by atoms with van der Waals surface area (Å²) in [6.07, 6.45) is 6.07. The molecule has 8 heteroatoms. The normalized spacial score (nSPS) is 13.0. The minimum Gasteiger partial charge on any atom is -0.493 e. The van der Waals surface area contributed by atoms with E-state index in [4.69, 9.17) is 19.9 Å². The smallest absolute Gasteiger partial charge is 0.338 e. The zero-order valence-electron chi connectivity index (χ0n) is 16.8. The molecule has 156 valence electrons. The molecule has 0 saturated heterocycles. The van der Waals surface area contributed by atoms with Crippen molar-refractivity contribution in [1.82, 2.24) is 9.97 Å². The maximum absolute atomic E-state index is 12.5. The number of nitrogen functional groups attached to an aromatic ring is 1. The largest absolute Gasteiger partial charge is 0.493 e. The highest BCUT2D eigenvalue weighted by atomic mass is 32.1. The van der Waals surface area contributed by atoms with Crippen molar-refractivity contribution in [3.63, 3.8) is 0 Å². The van der Waals surface area contributed by atoms with Crippen LogP contribution in [0.25, 0.3) is 10.2 Å². The van der Waals surface area contributed by atoms with Crippen LogP contribution in [0.4, 0.5) is 5.82 Å². The molecule has 0 unspecified atom stereocenters. The molecule has 30 heavy (non-hydrogen) atoms. The quantitative estimate of drug-likeness (QED) is 0.450. The average Bonchev–Trinajstić information content (AvgIpc) is 3.14. The molecule has 0 bridgehead atoms. The number of nitrogens with two attached hydrogens (primary N) is 1. The van der Waals surface area contributed by atoms with Crippen molar-refractivity contribution in [2.45, 2.75) is 32.3 Å². The van der Waals surface area contributed by atoms with Crippen molar-refractivity contribution in [2.24, 2.45) is 0 Å². The second-order valence-electron chi connectivity index (χ2n) is 6.96. The highest BCUT2D eigenvalue weighted by Gasteiger charge is 2.20. The summed E-state index contributed by atoms with van der Waals surface area (Å²) in [6.45, 7) is 3.90. The maximum atomic E-state index is 12.5. The second-order valence-corrected chi connectivity index (χ2v) is 8.04. The van der Waals surface area contributed by atoms with Gasteiger partial charge in [0.05, 0.1) is 18.1 Å². The fraction of sp³-hybridized carbons (Fsp3) is 0.318. The molecule has 0 spiro atoms. The third-order valence-corrected chi connectivity index (χ3v) is 6.16. The molecule has 0 saturated carbocycles. The molecule has 0 fully saturated rings. The van der Waals surface area contributed by atoms with Crippen LogP contribution in [0.15, 0.2) is 30.9 Å². The number of rotatable bonds is 7. The van der Waals surface area contributed by atoms with Crippen LogP contribution in [0.2, 0.25) is 0 Å². The van der Waals surface area contributed by atoms with E-state index in [2.05, 4.69) is 16.5 Å². The van der Waals surface area contributed by atoms with Crippen LogP contribution in [0.3, 0.4) is 0 Å². The van der Waals surface area contributed by atoms with Crippen molar-refractivity contribution in [2.75, 3.05) is 19.5 Å². The minimum atomic E-state index is -0.503. The predicted octanol–water partition coefficient (Wildman–Crippen LogP) is 4.08. The van der Waals surface area contributed by atoms with E-state index in [0.717, 1.165) is 23.1 Å². The second kappa shape index (κ2) is 8.71. The molecular weight excluding hydrogens is 402 g/mol. The Labute approximate surface area is 178 Å². The Morgan fingerprint density at radius 2 is 2.10 bits per heavy atom. The van der Waals surface area contributed by atoms with E-state index < -0.39 is 5.97 Å². The first kappa shape index (κ1) is 20.2. The summed E-state index contributed by atoms with van der Waals surface area (Å²) in [5.74, 6) is 1.31. The van der Waals surface area contributed by atoms with Gasteiger partial charge >= 0.3 is 5.97 Å². The molecular formula is C22H23N3O4S. The molecule has 1 aliphatic rings. The number of fused-ring (bicyclic) bond motifs is 3. The van der Waals surface area contributed by atoms with Gasteiger partial charge in [0, 0.05) is 4.88 Å². The van der Waals surface area contributed by atoms with Crippen molar-refractivity contribution in [3.8, 4) is 11.5 Å². The Hall–Kier alpha value is -3.13. The number of nitrogens with zero attached hydrogens (tertiary/aromatic N) is 2. The molecule has 2 aromatic heterocycles. The Bertz CT molecular complexity index is 1110. The topological polar surface area (TPSA) is 96.6 Å². The van der Waals surface area contributed by atoms with E-state index in [0.29, 0.717) is 35.3 Å². The van der Waals surface area contributed by atoms with Gasteiger partial charge in [-0.25, -0.2) is 14.8 Å². The average molecular weight is 426 g/mol. The molecule has 0 atom stereocenters. The molecule has 0 radical (unpaired) electrons. The van der Waals surface area contributed by atoms with Gasteiger partial charge in [0.2, 0.25) is 0 Å². The van der Waals surface area contributed by atoms with E-state index in [1.807, 2.05) is 0 Å². The number of hydrogen-bond donors (Lipinski definition) is 1. The number of aryl methyl sites for hydroxylation is 2. The summed E-state index contributed by atoms with van der Waals surface area (Å²) in [6, 6.07) is 4.86. The van der Waals surface area contributed by atoms with Crippen molar-refractivity contribution >= 4 is 33.3 Å². The molecule has 2 N–H and O–H groups in total. The number of thiophene rings is 1. The van der Waals surface area contributed by atoms with E-state index in [-0.39, 0.29) is 6.61 Å². The van der Waals surface area contributed by atoms with Crippen LogP contribution in [0.1, 0.15) is 39.5 Å². The molecule has 7 nitrogen and oxygen atoms in total. The summed E-state index contributed by atoms with van der Waals surface area (Å²) in [5.41, 5.74) is 7.85. The van der Waals surface area contributed by atoms with Gasteiger partial charge < -0.3 is 19.9 Å². The summed E-state index contributed by atoms with van der Waals surface area (Å²) >= 11 is 1.66. The summed E-state index contributed by atoms with van der Waals surface area (Å²) < 4.78 is 16.2. The first-order valence-corrected chi connectivity index (χ1v) is 10.6. The van der Waals surface area contributed by atoms with Crippen LogP contribution in [0.5, 0.6) is 11.5 Å². The molecule has 2 heterocycles. The highest BCUT2D eigenvalue weighted by Crippen LogP contribution is 2.37. The van der Waals surface area contributed by atoms with Crippen LogP contribution in [0, 0.1) is 0 Å². The number of anilines is 1. The Morgan fingerprint density at radius 1 is 1.27 bits per heavy atom. The maximum Gasteiger partial charge on any atom is 0.338 e. The number of ether oxygens (including phenoxy) is 3. The standard InChI is InChI=1S/C22H23N3O4S/c1-3-10-28-15-9-8-13(11-16(15)27-2)22(26)29-12-18-24-20(23)19-14-6-4-5-7-17(14)30-21(19)25-18/h3,8-9,11H,1,4-7,10,12H2,2H3,(H2,23,24,25). The zero-order chi connectivity index (χ0) is 21.1. The van der Waals surface area contributed by atoms with Gasteiger partial charge in [-0.1, -0.05) is 12.7 Å². The molecule has 0 amide bonds. The fourth-order valence-corrected chi connectivity index (χ4v) is 4.86. The number of hydrogen-bond acceptors (Lipinski definition) is 8. The zero-order valence-corrected chi connectivity index (χ0v) is 17.6. The number of benzene rings is 1. The van der Waals surface area contributed by atoms with Gasteiger partial charge in [-0.3, -0.25) is 0 Å². The van der Waals surface area contributed by atoms with Gasteiger partial charge in [-0.05, 0) is 49.4 Å². The Kier molecular flexibility index (Phi) is 5.85. The lowest BCUT2D eigenvalue weighted by Crippen LogP contribution is -2.09.